The van der Waals surface area contributed by atoms with E-state index >= 15 is 0 Å². The molecular formula is C20H21NO6. The van der Waals surface area contributed by atoms with Crippen LogP contribution in [0.2, 0.25) is 0 Å². The molecule has 7 heteroatoms. The predicted octanol–water partition coefficient (Wildman–Crippen LogP) is 3.15. The first kappa shape index (κ1) is 18.6. The molecule has 0 unspecified atom stereocenters. The second-order valence-corrected chi connectivity index (χ2v) is 6.28. The van der Waals surface area contributed by atoms with Crippen molar-refractivity contribution in [3.8, 4) is 17.2 Å². The fraction of sp³-hybridized carbons (Fsp3) is 0.300. The number of aromatic carboxylic acids is 1. The zero-order valence-electron chi connectivity index (χ0n) is 15.3. The zero-order chi connectivity index (χ0) is 19.6. The van der Waals surface area contributed by atoms with Crippen molar-refractivity contribution in [3.63, 3.8) is 0 Å². The highest BCUT2D eigenvalue weighted by molar-refractivity contribution is 5.99. The van der Waals surface area contributed by atoms with Crippen molar-refractivity contribution >= 4 is 17.6 Å². The summed E-state index contributed by atoms with van der Waals surface area (Å²) < 4.78 is 15.7. The first-order chi connectivity index (χ1) is 13.0. The van der Waals surface area contributed by atoms with E-state index in [0.29, 0.717) is 0 Å². The maximum absolute atomic E-state index is 12.7. The van der Waals surface area contributed by atoms with E-state index in [1.54, 1.807) is 7.11 Å². The minimum Gasteiger partial charge on any atom is -0.497 e. The van der Waals surface area contributed by atoms with Crippen molar-refractivity contribution in [1.29, 1.82) is 0 Å². The Balaban J connectivity index is 1.80. The van der Waals surface area contributed by atoms with Crippen LogP contribution in [0, 0.1) is 5.92 Å². The van der Waals surface area contributed by atoms with Gasteiger partial charge in [0.05, 0.1) is 32.6 Å². The third-order valence-corrected chi connectivity index (χ3v) is 4.63. The van der Waals surface area contributed by atoms with Crippen molar-refractivity contribution in [2.24, 2.45) is 5.92 Å². The Morgan fingerprint density at radius 1 is 1.07 bits per heavy atom. The minimum absolute atomic E-state index is 0.00286. The Morgan fingerprint density at radius 2 is 1.85 bits per heavy atom. The van der Waals surface area contributed by atoms with Crippen LogP contribution < -0.4 is 19.5 Å². The summed E-state index contributed by atoms with van der Waals surface area (Å²) in [5.41, 5.74) is 1.32. The second kappa shape index (κ2) is 7.57. The van der Waals surface area contributed by atoms with Crippen LogP contribution in [0.4, 0.5) is 5.69 Å². The Morgan fingerprint density at radius 3 is 2.48 bits per heavy atom. The number of rotatable bonds is 7. The molecule has 0 heterocycles. The van der Waals surface area contributed by atoms with Gasteiger partial charge in [-0.15, -0.1) is 0 Å². The van der Waals surface area contributed by atoms with E-state index in [9.17, 15) is 14.7 Å². The van der Waals surface area contributed by atoms with Crippen LogP contribution in [0.25, 0.3) is 0 Å². The van der Waals surface area contributed by atoms with Crippen LogP contribution in [0.15, 0.2) is 36.4 Å². The summed E-state index contributed by atoms with van der Waals surface area (Å²) in [6.45, 7) is 0. The van der Waals surface area contributed by atoms with Gasteiger partial charge in [-0.25, -0.2) is 4.79 Å². The average Bonchev–Trinajstić information content (AvgIpc) is 3.48. The highest BCUT2D eigenvalue weighted by atomic mass is 16.5. The van der Waals surface area contributed by atoms with E-state index in [1.807, 2.05) is 24.3 Å². The molecule has 0 bridgehead atoms. The molecule has 7 nitrogen and oxygen atoms in total. The molecule has 1 aliphatic carbocycles. The summed E-state index contributed by atoms with van der Waals surface area (Å²) in [6, 6.07) is 10.4. The van der Waals surface area contributed by atoms with Crippen molar-refractivity contribution in [1.82, 2.24) is 0 Å². The van der Waals surface area contributed by atoms with Gasteiger partial charge in [0.2, 0.25) is 5.91 Å². The molecule has 2 atom stereocenters. The molecule has 2 N–H and O–H groups in total. The lowest BCUT2D eigenvalue weighted by Crippen LogP contribution is -2.16. The molecule has 0 spiro atoms. The summed E-state index contributed by atoms with van der Waals surface area (Å²) >= 11 is 0. The Hall–Kier alpha value is -3.22. The molecule has 142 valence electrons. The van der Waals surface area contributed by atoms with E-state index < -0.39 is 5.97 Å². The standard InChI is InChI=1S/C20H21NO6/c1-25-13-6-4-5-11(7-13)14-10-15(14)19(22)21-16-8-12(20(23)24)9-17(26-2)18(16)27-3/h4-9,14-15H,10H2,1-3H3,(H,21,22)(H,23,24)/t14-,15-/m1/s1. The monoisotopic (exact) mass is 371 g/mol. The Labute approximate surface area is 156 Å². The van der Waals surface area contributed by atoms with Crippen molar-refractivity contribution in [2.45, 2.75) is 12.3 Å². The number of methoxy groups -OCH3 is 3. The fourth-order valence-electron chi connectivity index (χ4n) is 3.13. The number of hydrogen-bond donors (Lipinski definition) is 2. The summed E-state index contributed by atoms with van der Waals surface area (Å²) in [4.78, 5) is 24.0. The Kier molecular flexibility index (Phi) is 5.21. The lowest BCUT2D eigenvalue weighted by Gasteiger charge is -2.15. The van der Waals surface area contributed by atoms with Crippen LogP contribution in [0.5, 0.6) is 17.2 Å². The maximum Gasteiger partial charge on any atom is 0.335 e. The van der Waals surface area contributed by atoms with E-state index in [1.165, 1.54) is 26.4 Å². The number of ether oxygens (including phenoxy) is 3. The minimum atomic E-state index is -1.12. The molecule has 0 aliphatic heterocycles. The molecular weight excluding hydrogens is 350 g/mol. The van der Waals surface area contributed by atoms with Crippen LogP contribution in [-0.2, 0) is 4.79 Å². The molecule has 27 heavy (non-hydrogen) atoms. The molecule has 1 saturated carbocycles. The van der Waals surface area contributed by atoms with Gasteiger partial charge in [-0.1, -0.05) is 12.1 Å². The molecule has 0 saturated heterocycles. The SMILES string of the molecule is COc1cccc([C@H]2C[C@H]2C(=O)Nc2cc(C(=O)O)cc(OC)c2OC)c1. The van der Waals surface area contributed by atoms with Crippen LogP contribution in [0.1, 0.15) is 28.3 Å². The Bertz CT molecular complexity index is 879. The molecule has 1 fully saturated rings. The molecule has 2 aromatic carbocycles. The van der Waals surface area contributed by atoms with Gasteiger partial charge >= 0.3 is 5.97 Å². The number of carboxylic acids is 1. The second-order valence-electron chi connectivity index (χ2n) is 6.28. The number of benzene rings is 2. The molecule has 2 aromatic rings. The fourth-order valence-corrected chi connectivity index (χ4v) is 3.13. The number of carboxylic acid groups (broad SMARTS) is 1. The van der Waals surface area contributed by atoms with Gasteiger partial charge in [0.25, 0.3) is 0 Å². The smallest absolute Gasteiger partial charge is 0.335 e. The van der Waals surface area contributed by atoms with E-state index in [2.05, 4.69) is 5.32 Å². The van der Waals surface area contributed by atoms with Gasteiger partial charge in [-0.3, -0.25) is 4.79 Å². The van der Waals surface area contributed by atoms with Crippen molar-refractivity contribution < 1.29 is 28.9 Å². The van der Waals surface area contributed by atoms with E-state index in [0.717, 1.165) is 17.7 Å². The zero-order valence-corrected chi connectivity index (χ0v) is 15.3. The first-order valence-corrected chi connectivity index (χ1v) is 8.42. The third-order valence-electron chi connectivity index (χ3n) is 4.63. The van der Waals surface area contributed by atoms with Crippen LogP contribution in [0.3, 0.4) is 0 Å². The van der Waals surface area contributed by atoms with Gasteiger partial charge in [0.1, 0.15) is 5.75 Å². The van der Waals surface area contributed by atoms with Gasteiger partial charge in [0.15, 0.2) is 11.5 Å². The van der Waals surface area contributed by atoms with Gasteiger partial charge in [0, 0.05) is 5.92 Å². The molecule has 3 rings (SSSR count). The van der Waals surface area contributed by atoms with E-state index in [4.69, 9.17) is 14.2 Å². The van der Waals surface area contributed by atoms with Crippen molar-refractivity contribution in [3.05, 3.63) is 47.5 Å². The topological polar surface area (TPSA) is 94.1 Å². The number of carbonyl (C=O) groups is 2. The first-order valence-electron chi connectivity index (χ1n) is 8.42. The van der Waals surface area contributed by atoms with Gasteiger partial charge in [-0.2, -0.15) is 0 Å². The number of amides is 1. The normalized spacial score (nSPS) is 17.7. The summed E-state index contributed by atoms with van der Waals surface area (Å²) in [7, 11) is 4.45. The number of nitrogens with one attached hydrogen (secondary N) is 1. The highest BCUT2D eigenvalue weighted by Gasteiger charge is 2.44. The number of anilines is 1. The summed E-state index contributed by atoms with van der Waals surface area (Å²) in [6.07, 6.45) is 0.719. The number of hydrogen-bond acceptors (Lipinski definition) is 5. The van der Waals surface area contributed by atoms with Gasteiger partial charge < -0.3 is 24.6 Å². The van der Waals surface area contributed by atoms with E-state index in [-0.39, 0.29) is 40.5 Å². The largest absolute Gasteiger partial charge is 0.497 e. The highest BCUT2D eigenvalue weighted by Crippen LogP contribution is 2.49. The average molecular weight is 371 g/mol. The van der Waals surface area contributed by atoms with Crippen molar-refractivity contribution in [2.75, 3.05) is 26.6 Å². The van der Waals surface area contributed by atoms with Gasteiger partial charge in [-0.05, 0) is 42.2 Å². The lowest BCUT2D eigenvalue weighted by molar-refractivity contribution is -0.117. The maximum atomic E-state index is 12.7. The molecule has 0 aromatic heterocycles. The quantitative estimate of drug-likeness (QED) is 0.776. The summed E-state index contributed by atoms with van der Waals surface area (Å²) in [5.74, 6) is -0.115. The molecule has 1 aliphatic rings. The molecule has 1 amide bonds. The predicted molar refractivity (Wildman–Crippen MR) is 99.0 cm³/mol. The van der Waals surface area contributed by atoms with Crippen LogP contribution in [-0.4, -0.2) is 38.3 Å². The third kappa shape index (κ3) is 3.81. The lowest BCUT2D eigenvalue weighted by atomic mass is 10.1. The summed E-state index contributed by atoms with van der Waals surface area (Å²) in [5, 5.41) is 12.1. The molecule has 0 radical (unpaired) electrons. The van der Waals surface area contributed by atoms with Crippen LogP contribution >= 0.6 is 0 Å². The number of carbonyl (C=O) groups excluding carboxylic acids is 1.